The monoisotopic (exact) mass is 175 g/mol. The van der Waals surface area contributed by atoms with E-state index in [1.54, 1.807) is 18.2 Å². The van der Waals surface area contributed by atoms with E-state index in [0.717, 1.165) is 5.56 Å². The van der Waals surface area contributed by atoms with Gasteiger partial charge in [0.25, 0.3) is 0 Å². The number of amides is 1. The van der Waals surface area contributed by atoms with Crippen LogP contribution in [0.1, 0.15) is 5.56 Å². The van der Waals surface area contributed by atoms with Crippen LogP contribution in [0.3, 0.4) is 0 Å². The first kappa shape index (κ1) is 9.07. The molecule has 0 atom stereocenters. The molecule has 3 N–H and O–H groups in total. The highest BCUT2D eigenvalue weighted by Crippen LogP contribution is 2.19. The molecule has 0 bridgehead atoms. The van der Waals surface area contributed by atoms with Gasteiger partial charge < -0.3 is 11.1 Å². The summed E-state index contributed by atoms with van der Waals surface area (Å²) in [6, 6.07) is 7.13. The fraction of sp³-hybridized carbons (Fsp3) is 0.111. The van der Waals surface area contributed by atoms with Crippen LogP contribution >= 0.6 is 0 Å². The topological polar surface area (TPSA) is 78.9 Å². The van der Waals surface area contributed by atoms with Crippen molar-refractivity contribution in [3.8, 4) is 6.07 Å². The van der Waals surface area contributed by atoms with Gasteiger partial charge in [0.2, 0.25) is 6.41 Å². The van der Waals surface area contributed by atoms with Crippen molar-refractivity contribution >= 4 is 17.8 Å². The van der Waals surface area contributed by atoms with Crippen LogP contribution in [0.2, 0.25) is 0 Å². The average Bonchev–Trinajstić information content (AvgIpc) is 2.10. The molecule has 1 aromatic carbocycles. The predicted octanol–water partition coefficient (Wildman–Crippen LogP) is 0.903. The molecule has 0 spiro atoms. The van der Waals surface area contributed by atoms with Crippen LogP contribution in [-0.2, 0) is 11.2 Å². The number of hydrogen-bond acceptors (Lipinski definition) is 3. The minimum atomic E-state index is 0.325. The molecule has 0 aliphatic rings. The lowest BCUT2D eigenvalue weighted by molar-refractivity contribution is -0.105. The van der Waals surface area contributed by atoms with E-state index in [2.05, 4.69) is 5.32 Å². The van der Waals surface area contributed by atoms with Gasteiger partial charge in [-0.2, -0.15) is 5.26 Å². The first-order chi connectivity index (χ1) is 6.27. The van der Waals surface area contributed by atoms with Gasteiger partial charge in [-0.3, -0.25) is 4.79 Å². The van der Waals surface area contributed by atoms with E-state index in [9.17, 15) is 4.79 Å². The Morgan fingerprint density at radius 2 is 2.38 bits per heavy atom. The molecule has 66 valence electrons. The van der Waals surface area contributed by atoms with Crippen molar-refractivity contribution in [3.05, 3.63) is 23.8 Å². The van der Waals surface area contributed by atoms with Crippen LogP contribution in [0.15, 0.2) is 18.2 Å². The molecular formula is C9H9N3O. The molecular weight excluding hydrogens is 166 g/mol. The Bertz CT molecular complexity index is 354. The van der Waals surface area contributed by atoms with Crippen molar-refractivity contribution in [1.82, 2.24) is 0 Å². The SMILES string of the molecule is N#CCc1ccc(NC=O)c(N)c1. The molecule has 1 amide bonds. The molecule has 1 aromatic rings. The Labute approximate surface area is 76.0 Å². The van der Waals surface area contributed by atoms with Gasteiger partial charge in [-0.05, 0) is 17.7 Å². The number of nitrogen functional groups attached to an aromatic ring is 1. The molecule has 0 radical (unpaired) electrons. The lowest BCUT2D eigenvalue weighted by Crippen LogP contribution is -1.99. The molecule has 0 saturated heterocycles. The van der Waals surface area contributed by atoms with Crippen molar-refractivity contribution < 1.29 is 4.79 Å². The van der Waals surface area contributed by atoms with E-state index < -0.39 is 0 Å². The molecule has 0 aliphatic carbocycles. The van der Waals surface area contributed by atoms with Gasteiger partial charge in [-0.15, -0.1) is 0 Å². The highest BCUT2D eigenvalue weighted by molar-refractivity contribution is 5.79. The van der Waals surface area contributed by atoms with Crippen molar-refractivity contribution in [1.29, 1.82) is 5.26 Å². The van der Waals surface area contributed by atoms with Crippen LogP contribution in [-0.4, -0.2) is 6.41 Å². The third-order valence-electron chi connectivity index (χ3n) is 1.61. The summed E-state index contributed by atoms with van der Waals surface area (Å²) in [5, 5.41) is 10.9. The lowest BCUT2D eigenvalue weighted by atomic mass is 10.1. The number of nitriles is 1. The number of carbonyl (C=O) groups excluding carboxylic acids is 1. The summed E-state index contributed by atoms with van der Waals surface area (Å²) >= 11 is 0. The Balaban J connectivity index is 2.92. The molecule has 1 rings (SSSR count). The predicted molar refractivity (Wildman–Crippen MR) is 49.9 cm³/mol. The number of nitrogens with two attached hydrogens (primary N) is 1. The zero-order valence-electron chi connectivity index (χ0n) is 6.95. The third kappa shape index (κ3) is 2.20. The summed E-state index contributed by atoms with van der Waals surface area (Å²) in [4.78, 5) is 10.1. The number of nitrogens with zero attached hydrogens (tertiary/aromatic N) is 1. The van der Waals surface area contributed by atoms with E-state index >= 15 is 0 Å². The third-order valence-corrected chi connectivity index (χ3v) is 1.61. The first-order valence-electron chi connectivity index (χ1n) is 3.73. The highest BCUT2D eigenvalue weighted by Gasteiger charge is 1.98. The van der Waals surface area contributed by atoms with Crippen LogP contribution in [0.5, 0.6) is 0 Å². The molecule has 4 heteroatoms. The number of carbonyl (C=O) groups is 1. The zero-order valence-corrected chi connectivity index (χ0v) is 6.95. The number of benzene rings is 1. The largest absolute Gasteiger partial charge is 0.397 e. The standard InChI is InChI=1S/C9H9N3O/c10-4-3-7-1-2-9(12-6-13)8(11)5-7/h1-2,5-6H,3,11H2,(H,12,13). The Hall–Kier alpha value is -2.02. The summed E-state index contributed by atoms with van der Waals surface area (Å²) in [7, 11) is 0. The minimum absolute atomic E-state index is 0.325. The quantitative estimate of drug-likeness (QED) is 0.529. The molecule has 13 heavy (non-hydrogen) atoms. The van der Waals surface area contributed by atoms with Crippen LogP contribution in [0.4, 0.5) is 11.4 Å². The molecule has 0 fully saturated rings. The van der Waals surface area contributed by atoms with Gasteiger partial charge in [0.05, 0.1) is 23.9 Å². The maximum absolute atomic E-state index is 10.1. The summed E-state index contributed by atoms with van der Waals surface area (Å²) in [6.45, 7) is 0. The van der Waals surface area contributed by atoms with Gasteiger partial charge in [-0.1, -0.05) is 6.07 Å². The zero-order chi connectivity index (χ0) is 9.68. The van der Waals surface area contributed by atoms with Gasteiger partial charge in [-0.25, -0.2) is 0 Å². The maximum Gasteiger partial charge on any atom is 0.211 e. The number of rotatable bonds is 3. The van der Waals surface area contributed by atoms with E-state index in [4.69, 9.17) is 11.0 Å². The van der Waals surface area contributed by atoms with Crippen molar-refractivity contribution in [2.75, 3.05) is 11.1 Å². The first-order valence-corrected chi connectivity index (χ1v) is 3.73. The van der Waals surface area contributed by atoms with Crippen molar-refractivity contribution in [3.63, 3.8) is 0 Å². The molecule has 0 aromatic heterocycles. The molecule has 0 heterocycles. The van der Waals surface area contributed by atoms with Crippen LogP contribution in [0.25, 0.3) is 0 Å². The van der Waals surface area contributed by atoms with Crippen molar-refractivity contribution in [2.24, 2.45) is 0 Å². The lowest BCUT2D eigenvalue weighted by Gasteiger charge is -2.04. The second-order valence-corrected chi connectivity index (χ2v) is 2.52. The second kappa shape index (κ2) is 4.12. The molecule has 0 saturated carbocycles. The summed E-state index contributed by atoms with van der Waals surface area (Å²) < 4.78 is 0. The molecule has 4 nitrogen and oxygen atoms in total. The minimum Gasteiger partial charge on any atom is -0.397 e. The number of anilines is 2. The van der Waals surface area contributed by atoms with Gasteiger partial charge >= 0.3 is 0 Å². The Kier molecular flexibility index (Phi) is 2.87. The van der Waals surface area contributed by atoms with Gasteiger partial charge in [0.15, 0.2) is 0 Å². The van der Waals surface area contributed by atoms with E-state index in [1.807, 2.05) is 6.07 Å². The van der Waals surface area contributed by atoms with E-state index in [-0.39, 0.29) is 0 Å². The van der Waals surface area contributed by atoms with E-state index in [1.165, 1.54) is 0 Å². The number of nitrogens with one attached hydrogen (secondary N) is 1. The van der Waals surface area contributed by atoms with E-state index in [0.29, 0.717) is 24.2 Å². The average molecular weight is 175 g/mol. The highest BCUT2D eigenvalue weighted by atomic mass is 16.1. The maximum atomic E-state index is 10.1. The fourth-order valence-electron chi connectivity index (χ4n) is 1.01. The summed E-state index contributed by atoms with van der Waals surface area (Å²) in [5.41, 5.74) is 7.49. The normalized spacial score (nSPS) is 8.85. The molecule has 0 aliphatic heterocycles. The van der Waals surface area contributed by atoms with Crippen LogP contribution in [0, 0.1) is 11.3 Å². The number of hydrogen-bond donors (Lipinski definition) is 2. The summed E-state index contributed by atoms with van der Waals surface area (Å²) in [5.74, 6) is 0. The van der Waals surface area contributed by atoms with Gasteiger partial charge in [0, 0.05) is 0 Å². The smallest absolute Gasteiger partial charge is 0.211 e. The molecule has 0 unspecified atom stereocenters. The van der Waals surface area contributed by atoms with Crippen LogP contribution < -0.4 is 11.1 Å². The van der Waals surface area contributed by atoms with Gasteiger partial charge in [0.1, 0.15) is 0 Å². The Morgan fingerprint density at radius 1 is 1.62 bits per heavy atom. The summed E-state index contributed by atoms with van der Waals surface area (Å²) in [6.07, 6.45) is 0.890. The Morgan fingerprint density at radius 3 is 2.92 bits per heavy atom. The van der Waals surface area contributed by atoms with Crippen molar-refractivity contribution in [2.45, 2.75) is 6.42 Å². The second-order valence-electron chi connectivity index (χ2n) is 2.52. The fourth-order valence-corrected chi connectivity index (χ4v) is 1.01.